The molecular formula is C18H20N2O4. The Morgan fingerprint density at radius 1 is 1.17 bits per heavy atom. The number of hydrogen-bond donors (Lipinski definition) is 1. The van der Waals surface area contributed by atoms with Gasteiger partial charge in [0.2, 0.25) is 0 Å². The molecule has 0 radical (unpaired) electrons. The molecule has 2 rings (SSSR count). The number of carbonyl (C=O) groups excluding carboxylic acids is 1. The highest BCUT2D eigenvalue weighted by atomic mass is 16.6. The summed E-state index contributed by atoms with van der Waals surface area (Å²) in [5, 5.41) is 13.9. The van der Waals surface area contributed by atoms with Crippen molar-refractivity contribution in [1.82, 2.24) is 0 Å². The van der Waals surface area contributed by atoms with Crippen molar-refractivity contribution < 1.29 is 14.5 Å². The average molecular weight is 328 g/mol. The Morgan fingerprint density at radius 3 is 2.33 bits per heavy atom. The fourth-order valence-corrected chi connectivity index (χ4v) is 2.55. The number of nitrogens with one attached hydrogen (secondary N) is 1. The van der Waals surface area contributed by atoms with Crippen molar-refractivity contribution in [3.63, 3.8) is 0 Å². The van der Waals surface area contributed by atoms with Gasteiger partial charge in [-0.25, -0.2) is 0 Å². The molecule has 0 bridgehead atoms. The molecule has 2 aromatic carbocycles. The van der Waals surface area contributed by atoms with E-state index < -0.39 is 11.0 Å². The van der Waals surface area contributed by atoms with Crippen LogP contribution < -0.4 is 10.1 Å². The maximum Gasteiger partial charge on any atom is 0.310 e. The number of carbonyl (C=O) groups is 1. The molecule has 0 heterocycles. The van der Waals surface area contributed by atoms with Crippen LogP contribution in [0.4, 0.5) is 11.4 Å². The van der Waals surface area contributed by atoms with Crippen LogP contribution in [0.15, 0.2) is 36.4 Å². The standard InChI is InChI=1S/C18H20N2O4/c1-11-9-12(2)17(13(3)10-11)19-18(21)14(4)24-16-8-6-5-7-15(16)20(22)23/h5-10,14H,1-4H3,(H,19,21)/t14-/m0/s1. The van der Waals surface area contributed by atoms with E-state index in [2.05, 4.69) is 5.32 Å². The molecule has 1 atom stereocenters. The smallest absolute Gasteiger partial charge is 0.310 e. The number of ether oxygens (including phenoxy) is 1. The van der Waals surface area contributed by atoms with Crippen molar-refractivity contribution in [2.45, 2.75) is 33.8 Å². The van der Waals surface area contributed by atoms with E-state index in [0.717, 1.165) is 22.4 Å². The first-order chi connectivity index (χ1) is 11.3. The van der Waals surface area contributed by atoms with E-state index >= 15 is 0 Å². The highest BCUT2D eigenvalue weighted by molar-refractivity contribution is 5.95. The Hall–Kier alpha value is -2.89. The Balaban J connectivity index is 2.16. The summed E-state index contributed by atoms with van der Waals surface area (Å²) in [6, 6.07) is 9.96. The summed E-state index contributed by atoms with van der Waals surface area (Å²) >= 11 is 0. The highest BCUT2D eigenvalue weighted by Gasteiger charge is 2.21. The molecule has 24 heavy (non-hydrogen) atoms. The van der Waals surface area contributed by atoms with Crippen LogP contribution in [0.25, 0.3) is 0 Å². The molecule has 6 nitrogen and oxygen atoms in total. The molecule has 126 valence electrons. The monoisotopic (exact) mass is 328 g/mol. The topological polar surface area (TPSA) is 81.5 Å². The first-order valence-corrected chi connectivity index (χ1v) is 7.58. The van der Waals surface area contributed by atoms with Gasteiger partial charge in [0.1, 0.15) is 0 Å². The van der Waals surface area contributed by atoms with Crippen LogP contribution >= 0.6 is 0 Å². The predicted molar refractivity (Wildman–Crippen MR) is 92.5 cm³/mol. The summed E-state index contributed by atoms with van der Waals surface area (Å²) in [5.41, 5.74) is 3.60. The number of nitro groups is 1. The van der Waals surface area contributed by atoms with E-state index in [-0.39, 0.29) is 17.3 Å². The Bertz CT molecular complexity index is 763. The summed E-state index contributed by atoms with van der Waals surface area (Å²) in [6.07, 6.45) is -0.869. The van der Waals surface area contributed by atoms with Crippen LogP contribution in [0, 0.1) is 30.9 Å². The zero-order chi connectivity index (χ0) is 17.9. The fraction of sp³-hybridized carbons (Fsp3) is 0.278. The number of anilines is 1. The molecule has 1 amide bonds. The minimum Gasteiger partial charge on any atom is -0.474 e. The number of aryl methyl sites for hydroxylation is 3. The van der Waals surface area contributed by atoms with Crippen molar-refractivity contribution in [3.8, 4) is 5.75 Å². The largest absolute Gasteiger partial charge is 0.474 e. The van der Waals surface area contributed by atoms with Gasteiger partial charge < -0.3 is 10.1 Å². The lowest BCUT2D eigenvalue weighted by Crippen LogP contribution is -2.30. The molecule has 0 aliphatic rings. The van der Waals surface area contributed by atoms with E-state index in [1.165, 1.54) is 12.1 Å². The van der Waals surface area contributed by atoms with Gasteiger partial charge in [0.15, 0.2) is 11.9 Å². The van der Waals surface area contributed by atoms with Gasteiger partial charge in [-0.3, -0.25) is 14.9 Å². The van der Waals surface area contributed by atoms with E-state index in [0.29, 0.717) is 0 Å². The molecule has 0 saturated carbocycles. The molecule has 1 N–H and O–H groups in total. The van der Waals surface area contributed by atoms with Crippen LogP contribution in [-0.2, 0) is 4.79 Å². The summed E-state index contributed by atoms with van der Waals surface area (Å²) in [7, 11) is 0. The second kappa shape index (κ2) is 7.12. The van der Waals surface area contributed by atoms with Crippen LogP contribution in [0.1, 0.15) is 23.6 Å². The third-order valence-corrected chi connectivity index (χ3v) is 3.66. The van der Waals surface area contributed by atoms with Crippen LogP contribution in [-0.4, -0.2) is 16.9 Å². The number of nitro benzene ring substituents is 1. The van der Waals surface area contributed by atoms with E-state index in [9.17, 15) is 14.9 Å². The van der Waals surface area contributed by atoms with E-state index in [1.54, 1.807) is 19.1 Å². The molecule has 0 aliphatic heterocycles. The Kier molecular flexibility index (Phi) is 5.18. The van der Waals surface area contributed by atoms with E-state index in [1.807, 2.05) is 32.9 Å². The van der Waals surface area contributed by atoms with Crippen molar-refractivity contribution in [3.05, 3.63) is 63.2 Å². The lowest BCUT2D eigenvalue weighted by Gasteiger charge is -2.17. The highest BCUT2D eigenvalue weighted by Crippen LogP contribution is 2.27. The molecule has 0 fully saturated rings. The minimum atomic E-state index is -0.869. The van der Waals surface area contributed by atoms with E-state index in [4.69, 9.17) is 4.74 Å². The zero-order valence-electron chi connectivity index (χ0n) is 14.1. The van der Waals surface area contributed by atoms with Crippen LogP contribution in [0.5, 0.6) is 5.75 Å². The fourth-order valence-electron chi connectivity index (χ4n) is 2.55. The quantitative estimate of drug-likeness (QED) is 0.666. The molecule has 0 spiro atoms. The lowest BCUT2D eigenvalue weighted by molar-refractivity contribution is -0.386. The number of para-hydroxylation sites is 2. The van der Waals surface area contributed by atoms with Crippen molar-refractivity contribution in [2.75, 3.05) is 5.32 Å². The maximum absolute atomic E-state index is 12.4. The summed E-state index contributed by atoms with van der Waals surface area (Å²) in [5.74, 6) is -0.286. The van der Waals surface area contributed by atoms with Gasteiger partial charge in [-0.1, -0.05) is 29.8 Å². The van der Waals surface area contributed by atoms with Crippen molar-refractivity contribution in [1.29, 1.82) is 0 Å². The first kappa shape index (κ1) is 17.5. The van der Waals surface area contributed by atoms with Crippen molar-refractivity contribution >= 4 is 17.3 Å². The molecule has 0 unspecified atom stereocenters. The average Bonchev–Trinajstić information content (AvgIpc) is 2.50. The molecular weight excluding hydrogens is 308 g/mol. The van der Waals surface area contributed by atoms with Crippen LogP contribution in [0.3, 0.4) is 0 Å². The zero-order valence-corrected chi connectivity index (χ0v) is 14.1. The van der Waals surface area contributed by atoms with Gasteiger partial charge in [0, 0.05) is 11.8 Å². The third-order valence-electron chi connectivity index (χ3n) is 3.66. The van der Waals surface area contributed by atoms with Gasteiger partial charge in [-0.05, 0) is 44.9 Å². The van der Waals surface area contributed by atoms with Gasteiger partial charge >= 0.3 is 5.69 Å². The summed E-state index contributed by atoms with van der Waals surface area (Å²) in [4.78, 5) is 22.9. The number of amides is 1. The van der Waals surface area contributed by atoms with Crippen LogP contribution in [0.2, 0.25) is 0 Å². The summed E-state index contributed by atoms with van der Waals surface area (Å²) in [6.45, 7) is 7.39. The molecule has 0 aliphatic carbocycles. The lowest BCUT2D eigenvalue weighted by atomic mass is 10.0. The number of nitrogens with zero attached hydrogens (tertiary/aromatic N) is 1. The minimum absolute atomic E-state index is 0.0718. The predicted octanol–water partition coefficient (Wildman–Crippen LogP) is 3.93. The van der Waals surface area contributed by atoms with Crippen molar-refractivity contribution in [2.24, 2.45) is 0 Å². The molecule has 0 saturated heterocycles. The maximum atomic E-state index is 12.4. The second-order valence-electron chi connectivity index (χ2n) is 5.75. The Morgan fingerprint density at radius 2 is 1.75 bits per heavy atom. The number of benzene rings is 2. The molecule has 0 aromatic heterocycles. The normalized spacial score (nSPS) is 11.7. The second-order valence-corrected chi connectivity index (χ2v) is 5.75. The molecule has 2 aromatic rings. The SMILES string of the molecule is Cc1cc(C)c(NC(=O)[C@H](C)Oc2ccccc2[N+](=O)[O-])c(C)c1. The summed E-state index contributed by atoms with van der Waals surface area (Å²) < 4.78 is 5.49. The number of rotatable bonds is 5. The number of hydrogen-bond acceptors (Lipinski definition) is 4. The molecule has 6 heteroatoms. The third kappa shape index (κ3) is 3.90. The van der Waals surface area contributed by atoms with Gasteiger partial charge in [-0.2, -0.15) is 0 Å². The first-order valence-electron chi connectivity index (χ1n) is 7.58. The van der Waals surface area contributed by atoms with Gasteiger partial charge in [-0.15, -0.1) is 0 Å². The van der Waals surface area contributed by atoms with Gasteiger partial charge in [0.25, 0.3) is 5.91 Å². The van der Waals surface area contributed by atoms with Gasteiger partial charge in [0.05, 0.1) is 4.92 Å². The Labute approximate surface area is 140 Å².